The lowest BCUT2D eigenvalue weighted by atomic mass is 10.1. The number of rotatable bonds is 7. The Bertz CT molecular complexity index is 1160. The molecule has 34 heavy (non-hydrogen) atoms. The van der Waals surface area contributed by atoms with E-state index < -0.39 is 0 Å². The standard InChI is InChI=1S/C24H24ClN5O4/c1-17(31)28-23-12-19(25)4-2-18(23)3-9-24(32)29-10-11-33-22(13-29)14-34-21-7-5-20(6-8-21)30-16-26-15-27-30/h2-9,12,15-16,22H,10-11,13-14H2,1H3,(H,28,31). The maximum Gasteiger partial charge on any atom is 0.246 e. The molecule has 1 N–H and O–H groups in total. The zero-order valence-corrected chi connectivity index (χ0v) is 19.3. The van der Waals surface area contributed by atoms with Crippen LogP contribution in [0.3, 0.4) is 0 Å². The Morgan fingerprint density at radius 2 is 2.09 bits per heavy atom. The third-order valence-corrected chi connectivity index (χ3v) is 5.37. The van der Waals surface area contributed by atoms with Crippen molar-refractivity contribution in [3.8, 4) is 11.4 Å². The molecule has 0 radical (unpaired) electrons. The SMILES string of the molecule is CC(=O)Nc1cc(Cl)ccc1C=CC(=O)N1CCOC(COc2ccc(-n3cncn3)cc2)C1. The minimum Gasteiger partial charge on any atom is -0.491 e. The Balaban J connectivity index is 1.32. The average molecular weight is 482 g/mol. The first-order valence-electron chi connectivity index (χ1n) is 10.7. The van der Waals surface area contributed by atoms with Gasteiger partial charge in [-0.2, -0.15) is 5.10 Å². The predicted molar refractivity (Wildman–Crippen MR) is 128 cm³/mol. The van der Waals surface area contributed by atoms with Gasteiger partial charge in [-0.15, -0.1) is 0 Å². The summed E-state index contributed by atoms with van der Waals surface area (Å²) in [5, 5.41) is 7.31. The van der Waals surface area contributed by atoms with Crippen LogP contribution in [0.5, 0.6) is 5.75 Å². The molecular formula is C24H24ClN5O4. The van der Waals surface area contributed by atoms with E-state index in [2.05, 4.69) is 15.4 Å². The van der Waals surface area contributed by atoms with Gasteiger partial charge in [-0.25, -0.2) is 9.67 Å². The lowest BCUT2D eigenvalue weighted by Gasteiger charge is -2.32. The first kappa shape index (κ1) is 23.5. The Labute approximate surface area is 201 Å². The number of nitrogens with zero attached hydrogens (tertiary/aromatic N) is 4. The van der Waals surface area contributed by atoms with Crippen molar-refractivity contribution in [1.82, 2.24) is 19.7 Å². The van der Waals surface area contributed by atoms with Crippen LogP contribution in [0.4, 0.5) is 5.69 Å². The van der Waals surface area contributed by atoms with Gasteiger partial charge in [-0.1, -0.05) is 17.7 Å². The van der Waals surface area contributed by atoms with Crippen molar-refractivity contribution < 1.29 is 19.1 Å². The largest absolute Gasteiger partial charge is 0.491 e. The summed E-state index contributed by atoms with van der Waals surface area (Å²) in [6.07, 6.45) is 6.01. The van der Waals surface area contributed by atoms with E-state index in [-0.39, 0.29) is 17.9 Å². The summed E-state index contributed by atoms with van der Waals surface area (Å²) in [4.78, 5) is 29.9. The molecule has 1 aromatic heterocycles. The Morgan fingerprint density at radius 3 is 2.82 bits per heavy atom. The van der Waals surface area contributed by atoms with E-state index in [1.165, 1.54) is 19.3 Å². The zero-order valence-electron chi connectivity index (χ0n) is 18.6. The molecule has 2 heterocycles. The van der Waals surface area contributed by atoms with Crippen molar-refractivity contribution in [2.75, 3.05) is 31.6 Å². The van der Waals surface area contributed by atoms with Gasteiger partial charge in [0, 0.05) is 30.3 Å². The number of anilines is 1. The van der Waals surface area contributed by atoms with Crippen molar-refractivity contribution in [3.63, 3.8) is 0 Å². The molecule has 1 unspecified atom stereocenters. The van der Waals surface area contributed by atoms with E-state index in [0.29, 0.717) is 48.3 Å². The molecule has 1 atom stereocenters. The summed E-state index contributed by atoms with van der Waals surface area (Å²) in [6.45, 7) is 3.07. The maximum absolute atomic E-state index is 12.8. The highest BCUT2D eigenvalue weighted by molar-refractivity contribution is 6.31. The van der Waals surface area contributed by atoms with E-state index in [1.54, 1.807) is 40.2 Å². The van der Waals surface area contributed by atoms with Crippen LogP contribution in [0.25, 0.3) is 11.8 Å². The fraction of sp³-hybridized carbons (Fsp3) is 0.250. The highest BCUT2D eigenvalue weighted by Crippen LogP contribution is 2.23. The first-order valence-corrected chi connectivity index (χ1v) is 11.1. The molecule has 1 saturated heterocycles. The maximum atomic E-state index is 12.8. The minimum absolute atomic E-state index is 0.144. The van der Waals surface area contributed by atoms with Gasteiger partial charge in [0.15, 0.2) is 0 Å². The molecular weight excluding hydrogens is 458 g/mol. The van der Waals surface area contributed by atoms with Crippen LogP contribution < -0.4 is 10.1 Å². The number of halogens is 1. The number of hydrogen-bond donors (Lipinski definition) is 1. The smallest absolute Gasteiger partial charge is 0.246 e. The molecule has 1 fully saturated rings. The highest BCUT2D eigenvalue weighted by atomic mass is 35.5. The van der Waals surface area contributed by atoms with E-state index in [4.69, 9.17) is 21.1 Å². The second kappa shape index (κ2) is 11.0. The normalized spacial score (nSPS) is 15.9. The molecule has 3 aromatic rings. The molecule has 0 bridgehead atoms. The number of aromatic nitrogens is 3. The summed E-state index contributed by atoms with van der Waals surface area (Å²) in [6, 6.07) is 12.6. The second-order valence-corrected chi connectivity index (χ2v) is 8.10. The Morgan fingerprint density at radius 1 is 1.26 bits per heavy atom. The van der Waals surface area contributed by atoms with E-state index in [1.807, 2.05) is 24.3 Å². The number of benzene rings is 2. The molecule has 0 aliphatic carbocycles. The van der Waals surface area contributed by atoms with Gasteiger partial charge >= 0.3 is 0 Å². The summed E-state index contributed by atoms with van der Waals surface area (Å²) < 4.78 is 13.3. The Hall–Kier alpha value is -3.69. The second-order valence-electron chi connectivity index (χ2n) is 7.67. The Kier molecular flexibility index (Phi) is 7.56. The van der Waals surface area contributed by atoms with Crippen LogP contribution in [-0.4, -0.2) is 63.9 Å². The summed E-state index contributed by atoms with van der Waals surface area (Å²) in [5.74, 6) is 0.338. The van der Waals surface area contributed by atoms with Crippen molar-refractivity contribution in [1.29, 1.82) is 0 Å². The molecule has 4 rings (SSSR count). The van der Waals surface area contributed by atoms with E-state index in [0.717, 1.165) is 5.69 Å². The van der Waals surface area contributed by atoms with E-state index in [9.17, 15) is 9.59 Å². The number of carbonyl (C=O) groups is 2. The van der Waals surface area contributed by atoms with E-state index >= 15 is 0 Å². The number of amides is 2. The fourth-order valence-electron chi connectivity index (χ4n) is 3.48. The van der Waals surface area contributed by atoms with Gasteiger partial charge in [-0.3, -0.25) is 9.59 Å². The van der Waals surface area contributed by atoms with Crippen molar-refractivity contribution in [3.05, 3.63) is 71.8 Å². The van der Waals surface area contributed by atoms with Crippen LogP contribution in [0.1, 0.15) is 12.5 Å². The highest BCUT2D eigenvalue weighted by Gasteiger charge is 2.23. The lowest BCUT2D eigenvalue weighted by molar-refractivity contribution is -0.134. The average Bonchev–Trinajstić information content (AvgIpc) is 3.37. The first-order chi connectivity index (χ1) is 16.5. The monoisotopic (exact) mass is 481 g/mol. The zero-order chi connectivity index (χ0) is 23.9. The van der Waals surface area contributed by atoms with Crippen LogP contribution >= 0.6 is 11.6 Å². The molecule has 176 valence electrons. The summed E-state index contributed by atoms with van der Waals surface area (Å²) in [5.41, 5.74) is 2.12. The number of ether oxygens (including phenoxy) is 2. The summed E-state index contributed by atoms with van der Waals surface area (Å²) in [7, 11) is 0. The van der Waals surface area contributed by atoms with Gasteiger partial charge < -0.3 is 19.7 Å². The summed E-state index contributed by atoms with van der Waals surface area (Å²) >= 11 is 6.02. The predicted octanol–water partition coefficient (Wildman–Crippen LogP) is 3.20. The van der Waals surface area contributed by atoms with Crippen LogP contribution in [0.2, 0.25) is 5.02 Å². The molecule has 1 aliphatic heterocycles. The lowest BCUT2D eigenvalue weighted by Crippen LogP contribution is -2.47. The number of morpholine rings is 1. The van der Waals surface area contributed by atoms with Gasteiger partial charge in [0.2, 0.25) is 11.8 Å². The molecule has 0 spiro atoms. The third-order valence-electron chi connectivity index (χ3n) is 5.14. The number of nitrogens with one attached hydrogen (secondary N) is 1. The van der Waals surface area contributed by atoms with Gasteiger partial charge in [-0.05, 0) is 48.0 Å². The molecule has 1 aliphatic rings. The molecule has 9 nitrogen and oxygen atoms in total. The fourth-order valence-corrected chi connectivity index (χ4v) is 3.66. The number of hydrogen-bond acceptors (Lipinski definition) is 6. The van der Waals surface area contributed by atoms with Crippen molar-refractivity contribution in [2.45, 2.75) is 13.0 Å². The minimum atomic E-state index is -0.244. The van der Waals surface area contributed by atoms with Crippen molar-refractivity contribution >= 4 is 35.2 Å². The quantitative estimate of drug-likeness (QED) is 0.520. The van der Waals surface area contributed by atoms with Crippen LogP contribution in [-0.2, 0) is 14.3 Å². The number of carbonyl (C=O) groups excluding carboxylic acids is 2. The van der Waals surface area contributed by atoms with Gasteiger partial charge in [0.1, 0.15) is 31.1 Å². The van der Waals surface area contributed by atoms with Gasteiger partial charge in [0.25, 0.3) is 0 Å². The molecule has 10 heteroatoms. The third kappa shape index (κ3) is 6.21. The molecule has 0 saturated carbocycles. The topological polar surface area (TPSA) is 98.6 Å². The van der Waals surface area contributed by atoms with Crippen LogP contribution in [0.15, 0.2) is 61.2 Å². The van der Waals surface area contributed by atoms with Crippen molar-refractivity contribution in [2.24, 2.45) is 0 Å². The van der Waals surface area contributed by atoms with Crippen LogP contribution in [0, 0.1) is 0 Å². The van der Waals surface area contributed by atoms with Gasteiger partial charge in [0.05, 0.1) is 18.8 Å². The molecule has 2 aromatic carbocycles. The molecule has 2 amide bonds.